The Kier molecular flexibility index (Phi) is 25.2. The van der Waals surface area contributed by atoms with E-state index in [2.05, 4.69) is 57.2 Å². The number of aliphatic hydroxyl groups is 1. The fourth-order valence-electron chi connectivity index (χ4n) is 5.14. The molecule has 5 heteroatoms. The van der Waals surface area contributed by atoms with Gasteiger partial charge in [0.1, 0.15) is 0 Å². The zero-order valence-electron chi connectivity index (χ0n) is 22.3. The molecule has 1 aliphatic heterocycles. The third-order valence-electron chi connectivity index (χ3n) is 7.71. The molecule has 1 unspecified atom stereocenters. The molecule has 2 aliphatic rings. The van der Waals surface area contributed by atoms with Gasteiger partial charge in [-0.2, -0.15) is 0 Å². The van der Waals surface area contributed by atoms with Crippen LogP contribution in [0.3, 0.4) is 0 Å². The monoisotopic (exact) mass is 487 g/mol. The lowest BCUT2D eigenvalue weighted by molar-refractivity contribution is 0.133. The van der Waals surface area contributed by atoms with E-state index in [9.17, 15) is 0 Å². The van der Waals surface area contributed by atoms with Gasteiger partial charge in [-0.05, 0) is 81.3 Å². The first-order valence-electron chi connectivity index (χ1n) is 13.1. The number of nitrogens with zero attached hydrogens (tertiary/aromatic N) is 1. The Bertz CT molecular complexity index is 502. The van der Waals surface area contributed by atoms with Gasteiger partial charge in [0.05, 0.1) is 0 Å². The summed E-state index contributed by atoms with van der Waals surface area (Å²) in [6.07, 6.45) is 21.2. The number of halogens is 1. The number of rotatable bonds is 14. The molecule has 34 heavy (non-hydrogen) atoms. The third-order valence-corrected chi connectivity index (χ3v) is 7.71. The average Bonchev–Trinajstić information content (AvgIpc) is 3.32. The smallest absolute Gasteiger partial charge is 0.0319 e. The first-order chi connectivity index (χ1) is 15.0. The molecule has 0 saturated carbocycles. The minimum absolute atomic E-state index is 0. The number of aliphatic hydroxyl groups excluding tert-OH is 1. The van der Waals surface area contributed by atoms with Crippen LogP contribution < -0.4 is 5.73 Å². The zero-order chi connectivity index (χ0) is 23.1. The lowest BCUT2D eigenvalue weighted by atomic mass is 9.83. The second-order valence-electron chi connectivity index (χ2n) is 10.3. The molecule has 0 bridgehead atoms. The van der Waals surface area contributed by atoms with Crippen LogP contribution >= 0.6 is 0 Å². The van der Waals surface area contributed by atoms with E-state index in [-0.39, 0.29) is 17.6 Å². The molecular weight excluding hydrogens is 427 g/mol. The van der Waals surface area contributed by atoms with Crippen LogP contribution in [-0.2, 0) is 0 Å². The maximum absolute atomic E-state index is 7.00. The summed E-state index contributed by atoms with van der Waals surface area (Å²) in [5, 5.41) is 7.00. The number of nitrogens with two attached hydrogens (primary N) is 1. The molecule has 205 valence electrons. The summed E-state index contributed by atoms with van der Waals surface area (Å²) < 4.78 is 0. The van der Waals surface area contributed by atoms with Gasteiger partial charge in [-0.3, -0.25) is 4.70 Å². The van der Waals surface area contributed by atoms with Gasteiger partial charge < -0.3 is 21.2 Å². The van der Waals surface area contributed by atoms with Crippen molar-refractivity contribution in [2.45, 2.75) is 92.9 Å². The molecule has 1 fully saturated rings. The Hall–Kier alpha value is -0.750. The number of allylic oxidation sites excluding steroid dienone is 4. The quantitative estimate of drug-likeness (QED) is 0.306. The summed E-state index contributed by atoms with van der Waals surface area (Å²) in [6.45, 7) is 14.3. The van der Waals surface area contributed by atoms with E-state index in [1.54, 1.807) is 0 Å². The van der Waals surface area contributed by atoms with Crippen molar-refractivity contribution in [2.75, 3.05) is 33.3 Å². The largest absolute Gasteiger partial charge is 0.412 e. The second kappa shape index (κ2) is 22.7. The zero-order valence-corrected chi connectivity index (χ0v) is 22.3. The van der Waals surface area contributed by atoms with Crippen molar-refractivity contribution in [3.8, 4) is 0 Å². The Balaban J connectivity index is -0.00000187. The Morgan fingerprint density at radius 1 is 1.03 bits per heavy atom. The Morgan fingerprint density at radius 3 is 2.18 bits per heavy atom. The highest BCUT2D eigenvalue weighted by atomic mass is 19.0. The van der Waals surface area contributed by atoms with Gasteiger partial charge >= 0.3 is 0 Å². The average molecular weight is 488 g/mol. The van der Waals surface area contributed by atoms with Crippen molar-refractivity contribution in [2.24, 2.45) is 35.3 Å². The molecule has 1 radical (unpaired) electrons. The van der Waals surface area contributed by atoms with Crippen LogP contribution in [0.25, 0.3) is 0 Å². The fraction of sp³-hybridized carbons (Fsp3) is 0.828. The second-order valence-corrected chi connectivity index (χ2v) is 10.3. The van der Waals surface area contributed by atoms with Gasteiger partial charge in [-0.25, -0.2) is 0 Å². The van der Waals surface area contributed by atoms with Gasteiger partial charge in [0.2, 0.25) is 0 Å². The fourth-order valence-corrected chi connectivity index (χ4v) is 5.14. The first-order valence-corrected chi connectivity index (χ1v) is 13.1. The highest BCUT2D eigenvalue weighted by Gasteiger charge is 2.24. The summed E-state index contributed by atoms with van der Waals surface area (Å²) in [6, 6.07) is 0. The summed E-state index contributed by atoms with van der Waals surface area (Å²) in [7, 11) is 1.00. The summed E-state index contributed by atoms with van der Waals surface area (Å²) in [5.74, 6) is 4.12. The third kappa shape index (κ3) is 14.6. The first kappa shape index (κ1) is 37.8. The van der Waals surface area contributed by atoms with E-state index in [0.717, 1.165) is 43.7 Å². The molecule has 0 aromatic rings. The maximum Gasteiger partial charge on any atom is 0.0319 e. The van der Waals surface area contributed by atoms with Crippen molar-refractivity contribution < 1.29 is 15.3 Å². The van der Waals surface area contributed by atoms with Gasteiger partial charge in [0.25, 0.3) is 0 Å². The molecule has 5 N–H and O–H groups in total. The van der Waals surface area contributed by atoms with E-state index < -0.39 is 0 Å². The van der Waals surface area contributed by atoms with E-state index in [0.29, 0.717) is 5.92 Å². The molecule has 0 aromatic carbocycles. The molecule has 1 aliphatic carbocycles. The van der Waals surface area contributed by atoms with Crippen LogP contribution in [0.4, 0.5) is 4.70 Å². The minimum atomic E-state index is 0. The van der Waals surface area contributed by atoms with E-state index in [1.807, 2.05) is 0 Å². The van der Waals surface area contributed by atoms with Crippen LogP contribution in [0.15, 0.2) is 23.8 Å². The van der Waals surface area contributed by atoms with E-state index in [4.69, 9.17) is 10.8 Å². The van der Waals surface area contributed by atoms with Gasteiger partial charge in [0.15, 0.2) is 0 Å². The Labute approximate surface area is 212 Å². The Morgan fingerprint density at radius 2 is 1.68 bits per heavy atom. The number of likely N-dealkylation sites (tertiary alicyclic amines) is 1. The molecule has 3 atom stereocenters. The standard InChI is InChI=1S/C27H49N2.CH4O.CH4.FH.H2O/c1-5-23(4)9-8-10-24-16-19-29(20-17-24)21-27(22(2)3)14-13-26(15-18-28)25-11-6-7-12-25;1-2;;;/h6-7,11-12,22-24,26-27H,5,8-10,13-21,28H2,1-4H3;2H,1H3;1H4;1H;1H2/t23?,26-,27-;;;;/m0..../s1. The normalized spacial score (nSPS) is 18.5. The molecule has 4 nitrogen and oxygen atoms in total. The van der Waals surface area contributed by atoms with Crippen molar-refractivity contribution in [1.82, 2.24) is 4.90 Å². The minimum Gasteiger partial charge on any atom is -0.412 e. The highest BCUT2D eigenvalue weighted by molar-refractivity contribution is 5.35. The van der Waals surface area contributed by atoms with Crippen LogP contribution in [0, 0.1) is 36.0 Å². The molecule has 0 spiro atoms. The van der Waals surface area contributed by atoms with Crippen LogP contribution in [-0.4, -0.2) is 48.8 Å². The lowest BCUT2D eigenvalue weighted by Gasteiger charge is -2.36. The molecule has 1 heterocycles. The van der Waals surface area contributed by atoms with Gasteiger partial charge in [0, 0.05) is 20.1 Å². The number of hydrogen-bond acceptors (Lipinski definition) is 3. The van der Waals surface area contributed by atoms with Crippen molar-refractivity contribution in [3.63, 3.8) is 0 Å². The molecular formula is C29H60FN2O2. The van der Waals surface area contributed by atoms with E-state index >= 15 is 0 Å². The summed E-state index contributed by atoms with van der Waals surface area (Å²) in [5.41, 5.74) is 7.41. The number of hydrogen-bond donors (Lipinski definition) is 2. The van der Waals surface area contributed by atoms with E-state index in [1.165, 1.54) is 76.6 Å². The summed E-state index contributed by atoms with van der Waals surface area (Å²) in [4.78, 5) is 2.77. The van der Waals surface area contributed by atoms with Crippen LogP contribution in [0.2, 0.25) is 0 Å². The predicted octanol–water partition coefficient (Wildman–Crippen LogP) is 6.21. The number of piperidine rings is 1. The van der Waals surface area contributed by atoms with Crippen molar-refractivity contribution in [1.29, 1.82) is 0 Å². The van der Waals surface area contributed by atoms with Crippen molar-refractivity contribution >= 4 is 0 Å². The molecule has 2 rings (SSSR count). The molecule has 0 amide bonds. The molecule has 0 aromatic heterocycles. The SMILES string of the molecule is C.CCC(C)CCCC1CCN(C[C@H](CC[C@@H](CCN)C2=CC=C[CH]2)C(C)C)CC1.CO.F.O. The maximum atomic E-state index is 7.00. The van der Waals surface area contributed by atoms with Gasteiger partial charge in [-0.15, -0.1) is 0 Å². The topological polar surface area (TPSA) is 81.0 Å². The summed E-state index contributed by atoms with van der Waals surface area (Å²) >= 11 is 0. The molecule has 1 saturated heterocycles. The van der Waals surface area contributed by atoms with Crippen LogP contribution in [0.1, 0.15) is 92.9 Å². The van der Waals surface area contributed by atoms with Crippen LogP contribution in [0.5, 0.6) is 0 Å². The van der Waals surface area contributed by atoms with Gasteiger partial charge in [-0.1, -0.05) is 84.6 Å². The highest BCUT2D eigenvalue weighted by Crippen LogP contribution is 2.31. The predicted molar refractivity (Wildman–Crippen MR) is 150 cm³/mol. The van der Waals surface area contributed by atoms with Crippen molar-refractivity contribution in [3.05, 3.63) is 30.2 Å². The lowest BCUT2D eigenvalue weighted by Crippen LogP contribution is -2.38.